The Hall–Kier alpha value is -3.60. The van der Waals surface area contributed by atoms with Gasteiger partial charge < -0.3 is 0 Å². The zero-order valence-corrected chi connectivity index (χ0v) is 25.1. The summed E-state index contributed by atoms with van der Waals surface area (Å²) in [5.74, 6) is -63.6. The molecule has 0 aliphatic rings. The van der Waals surface area contributed by atoms with E-state index in [-0.39, 0.29) is 0 Å². The molecule has 0 spiro atoms. The van der Waals surface area contributed by atoms with E-state index in [1.54, 1.807) is 9.78 Å². The van der Waals surface area contributed by atoms with Crippen molar-refractivity contribution in [1.29, 1.82) is 0 Å². The molecule has 0 rings (SSSR count). The van der Waals surface area contributed by atoms with Crippen LogP contribution in [0.5, 0.6) is 0 Å². The Bertz CT molecular complexity index is 1290. The monoisotopic (exact) mass is 990 g/mol. The molecule has 358 valence electrons. The molecule has 0 amide bonds. The molecule has 0 aromatic carbocycles. The summed E-state index contributed by atoms with van der Waals surface area (Å²) in [5, 5.41) is 0. The molecule has 0 aromatic rings. The normalized spacial score (nSPS) is 16.2. The van der Waals surface area contributed by atoms with Gasteiger partial charge >= 0.3 is 109 Å². The highest BCUT2D eigenvalue weighted by Gasteiger charge is 2.88. The maximum atomic E-state index is 14.8. The zero-order chi connectivity index (χ0) is 49.4. The first-order valence-corrected chi connectivity index (χ1v) is 12.0. The van der Waals surface area contributed by atoms with Crippen molar-refractivity contribution in [3.05, 3.63) is 0 Å². The van der Waals surface area contributed by atoms with Crippen LogP contribution in [0.3, 0.4) is 0 Å². The number of halogens is 34. The summed E-state index contributed by atoms with van der Waals surface area (Å²) in [7, 11) is 0. The summed E-state index contributed by atoms with van der Waals surface area (Å²) in [5.41, 5.74) is 0. The number of ether oxygens (including phenoxy) is 4. The summed E-state index contributed by atoms with van der Waals surface area (Å²) in [6.45, 7) is 0. The van der Waals surface area contributed by atoms with Crippen LogP contribution in [0.25, 0.3) is 0 Å². The number of hydrogen-bond acceptors (Lipinski definition) is 8. The van der Waals surface area contributed by atoms with E-state index in [0.717, 1.165) is 18.9 Å². The molecule has 0 atom stereocenters. The van der Waals surface area contributed by atoms with Gasteiger partial charge in [0.2, 0.25) is 0 Å². The Kier molecular flexibility index (Phi) is 14.1. The third-order valence-corrected chi connectivity index (χ3v) is 5.46. The zero-order valence-electron chi connectivity index (χ0n) is 25.1. The fourth-order valence-corrected chi connectivity index (χ4v) is 2.55. The molecule has 8 nitrogen and oxygen atoms in total. The van der Waals surface area contributed by atoms with Gasteiger partial charge in [-0.3, -0.25) is 18.9 Å². The molecule has 60 heavy (non-hydrogen) atoms. The van der Waals surface area contributed by atoms with Crippen LogP contribution >= 0.6 is 0 Å². The third kappa shape index (κ3) is 9.56. The highest BCUT2D eigenvalue weighted by Crippen LogP contribution is 2.59. The molecule has 0 aliphatic carbocycles. The van der Waals surface area contributed by atoms with E-state index in [1.807, 2.05) is 0 Å². The van der Waals surface area contributed by atoms with Crippen molar-refractivity contribution < 1.29 is 188 Å². The fourth-order valence-electron chi connectivity index (χ4n) is 2.55. The number of carbonyl (C=O) groups excluding carboxylic acids is 2. The minimum absolute atomic E-state index is 1.10. The van der Waals surface area contributed by atoms with E-state index in [4.69, 9.17) is 0 Å². The Morgan fingerprint density at radius 3 is 0.450 bits per heavy atom. The van der Waals surface area contributed by atoms with Crippen molar-refractivity contribution in [2.24, 2.45) is 0 Å². The van der Waals surface area contributed by atoms with Crippen LogP contribution in [0.4, 0.5) is 149 Å². The van der Waals surface area contributed by atoms with E-state index in [9.17, 15) is 159 Å². The van der Waals surface area contributed by atoms with Crippen molar-refractivity contribution in [2.45, 2.75) is 96.8 Å². The lowest BCUT2D eigenvalue weighted by Crippen LogP contribution is -2.70. The van der Waals surface area contributed by atoms with Crippen LogP contribution in [0, 0.1) is 0 Å². The summed E-state index contributed by atoms with van der Waals surface area (Å²) in [6.07, 6.45) is -67.8. The van der Waals surface area contributed by atoms with E-state index in [0.29, 0.717) is 0 Å². The van der Waals surface area contributed by atoms with Crippen molar-refractivity contribution in [3.8, 4) is 0 Å². The summed E-state index contributed by atoms with van der Waals surface area (Å²) < 4.78 is 453. The van der Waals surface area contributed by atoms with Gasteiger partial charge in [0.15, 0.2) is 0 Å². The number of carbonyl (C=O) groups is 2. The maximum absolute atomic E-state index is 14.8. The predicted molar refractivity (Wildman–Crippen MR) is 97.9 cm³/mol. The molecule has 42 heteroatoms. The number of alkyl halides is 34. The van der Waals surface area contributed by atoms with Gasteiger partial charge in [0.25, 0.3) is 0 Å². The first kappa shape index (κ1) is 56.4. The van der Waals surface area contributed by atoms with Gasteiger partial charge in [-0.05, 0) is 0 Å². The minimum Gasteiger partial charge on any atom is -0.265 e. The van der Waals surface area contributed by atoms with Crippen molar-refractivity contribution in [2.75, 3.05) is 0 Å². The van der Waals surface area contributed by atoms with Gasteiger partial charge in [-0.15, -0.1) is 0 Å². The molecule has 0 aliphatic heterocycles. The molecule has 0 saturated carbocycles. The van der Waals surface area contributed by atoms with Crippen LogP contribution < -0.4 is 0 Å². The largest absolute Gasteiger partial charge is 0.458 e. The van der Waals surface area contributed by atoms with Gasteiger partial charge in [-0.1, -0.05) is 0 Å². The predicted octanol–water partition coefficient (Wildman–Crippen LogP) is 9.73. The highest BCUT2D eigenvalue weighted by molar-refractivity contribution is 5.82. The summed E-state index contributed by atoms with van der Waals surface area (Å²) in [4.78, 5) is 26.1. The Morgan fingerprint density at radius 1 is 0.233 bits per heavy atom. The smallest absolute Gasteiger partial charge is 0.265 e. The van der Waals surface area contributed by atoms with Crippen LogP contribution in [0.2, 0.25) is 0 Å². The second-order valence-electron chi connectivity index (χ2n) is 9.73. The lowest BCUT2D eigenvalue weighted by Gasteiger charge is -2.41. The third-order valence-electron chi connectivity index (χ3n) is 5.46. The molecule has 0 bridgehead atoms. The molecular weight excluding hydrogens is 990 g/mol. The van der Waals surface area contributed by atoms with Crippen LogP contribution in [0.15, 0.2) is 0 Å². The first-order chi connectivity index (χ1) is 25.4. The van der Waals surface area contributed by atoms with Gasteiger partial charge in [0.1, 0.15) is 0 Å². The summed E-state index contributed by atoms with van der Waals surface area (Å²) in [6, 6.07) is -17.9. The van der Waals surface area contributed by atoms with Crippen molar-refractivity contribution >= 4 is 11.9 Å². The Morgan fingerprint density at radius 2 is 0.350 bits per heavy atom. The SMILES string of the molecule is O=C(OOC(=O)C(F)(F)C(F)(OC(F)(C(F)(F)F)C(F)(F)F)OC(F)(C(F)(F)F)C(F)(F)F)C(F)(F)C(F)(OC(F)(C(F)(F)F)C(F)(F)F)OC(F)(C(F)(F)F)C(F)(F)F. The molecule has 0 unspecified atom stereocenters. The second-order valence-corrected chi connectivity index (χ2v) is 9.73. The van der Waals surface area contributed by atoms with E-state index in [1.165, 1.54) is 0 Å². The lowest BCUT2D eigenvalue weighted by atomic mass is 10.2. The highest BCUT2D eigenvalue weighted by atomic mass is 19.5. The molecule has 0 saturated heterocycles. The standard InChI is InChI=1S/C18F34O8/c19-3(20,17(51,57-5(23,9(27,28)29)10(30,31)32)58-6(24,11(33,34)35)12(36,37)38)1(53)55-56-2(54)4(21,22)18(52,59-7(25,13(39,40)41)14(42,43)44)60-8(26,15(45,46)47)16(48,49)50. The van der Waals surface area contributed by atoms with Gasteiger partial charge in [0, 0.05) is 0 Å². The molecule has 0 heterocycles. The van der Waals surface area contributed by atoms with Crippen LogP contribution in [-0.2, 0) is 38.3 Å². The fraction of sp³-hybridized carbons (Fsp3) is 0.889. The van der Waals surface area contributed by atoms with Crippen molar-refractivity contribution in [1.82, 2.24) is 0 Å². The summed E-state index contributed by atoms with van der Waals surface area (Å²) >= 11 is 0. The first-order valence-electron chi connectivity index (χ1n) is 12.0. The molecule has 0 aromatic heterocycles. The molecule has 0 fully saturated rings. The molecular formula is C18F34O8. The Balaban J connectivity index is 7.89. The van der Waals surface area contributed by atoms with E-state index in [2.05, 4.69) is 0 Å². The maximum Gasteiger partial charge on any atom is 0.458 e. The topological polar surface area (TPSA) is 89.5 Å². The second kappa shape index (κ2) is 15.0. The van der Waals surface area contributed by atoms with E-state index < -0.39 is 109 Å². The van der Waals surface area contributed by atoms with E-state index >= 15 is 0 Å². The van der Waals surface area contributed by atoms with Crippen molar-refractivity contribution in [3.63, 3.8) is 0 Å². The number of rotatable bonds is 12. The van der Waals surface area contributed by atoms with Gasteiger partial charge in [-0.25, -0.2) is 19.4 Å². The average molecular weight is 990 g/mol. The average Bonchev–Trinajstić information content (AvgIpc) is 2.94. The molecule has 0 radical (unpaired) electrons. The van der Waals surface area contributed by atoms with Gasteiger partial charge in [-0.2, -0.15) is 149 Å². The molecule has 0 N–H and O–H groups in total. The quantitative estimate of drug-likeness (QED) is 0.0828. The van der Waals surface area contributed by atoms with Crippen LogP contribution in [0.1, 0.15) is 0 Å². The Labute approximate surface area is 298 Å². The number of hydrogen-bond donors (Lipinski definition) is 0. The lowest BCUT2D eigenvalue weighted by molar-refractivity contribution is -0.568. The van der Waals surface area contributed by atoms with Gasteiger partial charge in [0.05, 0.1) is 0 Å². The minimum atomic E-state index is -8.94. The van der Waals surface area contributed by atoms with Crippen LogP contribution in [-0.4, -0.2) is 109 Å².